The zero-order valence-corrected chi connectivity index (χ0v) is 16.6. The van der Waals surface area contributed by atoms with Gasteiger partial charge in [0.25, 0.3) is 0 Å². The number of hydrogen-bond acceptors (Lipinski definition) is 5. The van der Waals surface area contributed by atoms with Crippen molar-refractivity contribution in [3.05, 3.63) is 48.3 Å². The lowest BCUT2D eigenvalue weighted by Crippen LogP contribution is -2.25. The monoisotopic (exact) mass is 400 g/mol. The van der Waals surface area contributed by atoms with Gasteiger partial charge in [0.05, 0.1) is 32.0 Å². The van der Waals surface area contributed by atoms with Crippen LogP contribution >= 0.6 is 0 Å². The second-order valence-electron chi connectivity index (χ2n) is 7.47. The standard InChI is InChI=1S/C23H25FO5/c1-14(27-12-17-13-28-17)10-26-15(2)11-29-23-19-6-4-3-5-18(19)22(25)21-9-16(24)7-8-20(21)23/h3-9,14-15,17,25H,10-13H2,1-2H3. The van der Waals surface area contributed by atoms with E-state index in [0.29, 0.717) is 41.7 Å². The van der Waals surface area contributed by atoms with Gasteiger partial charge in [-0.1, -0.05) is 24.3 Å². The molecule has 0 saturated carbocycles. The summed E-state index contributed by atoms with van der Waals surface area (Å²) in [7, 11) is 0. The Morgan fingerprint density at radius 3 is 2.45 bits per heavy atom. The van der Waals surface area contributed by atoms with E-state index in [-0.39, 0.29) is 24.1 Å². The molecule has 154 valence electrons. The van der Waals surface area contributed by atoms with Crippen molar-refractivity contribution in [1.82, 2.24) is 0 Å². The van der Waals surface area contributed by atoms with Crippen LogP contribution in [-0.4, -0.2) is 49.8 Å². The summed E-state index contributed by atoms with van der Waals surface area (Å²) in [5.74, 6) is 0.257. The van der Waals surface area contributed by atoms with Crippen LogP contribution in [0.2, 0.25) is 0 Å². The van der Waals surface area contributed by atoms with E-state index < -0.39 is 5.82 Å². The summed E-state index contributed by atoms with van der Waals surface area (Å²) in [5, 5.41) is 13.1. The molecule has 0 bridgehead atoms. The molecular weight excluding hydrogens is 375 g/mol. The van der Waals surface area contributed by atoms with Crippen molar-refractivity contribution in [2.24, 2.45) is 0 Å². The second kappa shape index (κ2) is 8.53. The van der Waals surface area contributed by atoms with Gasteiger partial charge in [0.1, 0.15) is 30.0 Å². The number of epoxide rings is 1. The summed E-state index contributed by atoms with van der Waals surface area (Å²) in [4.78, 5) is 0. The van der Waals surface area contributed by atoms with Crippen molar-refractivity contribution in [2.75, 3.05) is 26.4 Å². The lowest BCUT2D eigenvalue weighted by molar-refractivity contribution is -0.0449. The maximum atomic E-state index is 13.8. The van der Waals surface area contributed by atoms with E-state index in [4.69, 9.17) is 18.9 Å². The van der Waals surface area contributed by atoms with E-state index >= 15 is 0 Å². The lowest BCUT2D eigenvalue weighted by Gasteiger charge is -2.20. The number of halogens is 1. The summed E-state index contributed by atoms with van der Waals surface area (Å²) in [6.45, 7) is 6.04. The van der Waals surface area contributed by atoms with Crippen molar-refractivity contribution in [3.63, 3.8) is 0 Å². The number of hydrogen-bond donors (Lipinski definition) is 1. The van der Waals surface area contributed by atoms with E-state index in [1.54, 1.807) is 12.1 Å². The lowest BCUT2D eigenvalue weighted by atomic mass is 10.0. The maximum Gasteiger partial charge on any atom is 0.135 e. The van der Waals surface area contributed by atoms with E-state index in [1.165, 1.54) is 12.1 Å². The van der Waals surface area contributed by atoms with Gasteiger partial charge in [0, 0.05) is 21.5 Å². The number of phenolic OH excluding ortho intramolecular Hbond substituents is 1. The predicted octanol–water partition coefficient (Wildman–Crippen LogP) is 4.43. The third kappa shape index (κ3) is 4.61. The molecule has 1 saturated heterocycles. The van der Waals surface area contributed by atoms with Crippen molar-refractivity contribution in [1.29, 1.82) is 0 Å². The molecule has 1 fully saturated rings. The molecule has 3 aromatic rings. The molecule has 0 aliphatic carbocycles. The van der Waals surface area contributed by atoms with Gasteiger partial charge in [-0.2, -0.15) is 0 Å². The Morgan fingerprint density at radius 1 is 1.00 bits per heavy atom. The summed E-state index contributed by atoms with van der Waals surface area (Å²) in [5.41, 5.74) is 0. The van der Waals surface area contributed by atoms with Crippen LogP contribution in [0, 0.1) is 5.82 Å². The smallest absolute Gasteiger partial charge is 0.135 e. The summed E-state index contributed by atoms with van der Waals surface area (Å²) < 4.78 is 36.5. The van der Waals surface area contributed by atoms with Crippen LogP contribution in [0.25, 0.3) is 21.5 Å². The molecule has 1 aliphatic heterocycles. The van der Waals surface area contributed by atoms with Crippen molar-refractivity contribution in [3.8, 4) is 11.5 Å². The van der Waals surface area contributed by atoms with Crippen LogP contribution < -0.4 is 4.74 Å². The summed E-state index contributed by atoms with van der Waals surface area (Å²) >= 11 is 0. The highest BCUT2D eigenvalue weighted by Gasteiger charge is 2.23. The Hall–Kier alpha value is -2.41. The largest absolute Gasteiger partial charge is 0.507 e. The van der Waals surface area contributed by atoms with Gasteiger partial charge in [-0.05, 0) is 32.0 Å². The van der Waals surface area contributed by atoms with Gasteiger partial charge in [-0.25, -0.2) is 4.39 Å². The van der Waals surface area contributed by atoms with Gasteiger partial charge in [0.2, 0.25) is 0 Å². The Bertz CT molecular complexity index is 1000. The molecular formula is C23H25FO5. The third-order valence-corrected chi connectivity index (χ3v) is 4.96. The molecule has 0 aromatic heterocycles. The molecule has 1 N–H and O–H groups in total. The molecule has 6 heteroatoms. The van der Waals surface area contributed by atoms with E-state index in [9.17, 15) is 9.50 Å². The van der Waals surface area contributed by atoms with Gasteiger partial charge in [0.15, 0.2) is 0 Å². The first-order chi connectivity index (χ1) is 14.0. The molecule has 4 rings (SSSR count). The molecule has 3 atom stereocenters. The molecule has 3 unspecified atom stereocenters. The fourth-order valence-electron chi connectivity index (χ4n) is 3.28. The Kier molecular flexibility index (Phi) is 5.85. The third-order valence-electron chi connectivity index (χ3n) is 4.96. The average Bonchev–Trinajstić information content (AvgIpc) is 3.55. The minimum Gasteiger partial charge on any atom is -0.507 e. The van der Waals surface area contributed by atoms with Gasteiger partial charge in [-0.3, -0.25) is 0 Å². The van der Waals surface area contributed by atoms with Crippen LogP contribution in [-0.2, 0) is 14.2 Å². The fourth-order valence-corrected chi connectivity index (χ4v) is 3.28. The summed E-state index contributed by atoms with van der Waals surface area (Å²) in [6.07, 6.45) is 0.0420. The Balaban J connectivity index is 1.48. The fraction of sp³-hybridized carbons (Fsp3) is 0.391. The van der Waals surface area contributed by atoms with E-state index in [1.807, 2.05) is 32.0 Å². The molecule has 1 aliphatic rings. The zero-order valence-electron chi connectivity index (χ0n) is 16.6. The zero-order chi connectivity index (χ0) is 20.4. The SMILES string of the molecule is CC(COc1c2ccccc2c(O)c2cc(F)ccc12)OCC(C)OCC1CO1. The number of phenols is 1. The minimum absolute atomic E-state index is 0.0278. The van der Waals surface area contributed by atoms with Crippen LogP contribution in [0.5, 0.6) is 11.5 Å². The molecule has 3 aromatic carbocycles. The van der Waals surface area contributed by atoms with E-state index in [0.717, 1.165) is 12.0 Å². The van der Waals surface area contributed by atoms with Gasteiger partial charge >= 0.3 is 0 Å². The van der Waals surface area contributed by atoms with Crippen molar-refractivity contribution < 1.29 is 28.4 Å². The van der Waals surface area contributed by atoms with Crippen molar-refractivity contribution in [2.45, 2.75) is 32.2 Å². The number of benzene rings is 3. The highest BCUT2D eigenvalue weighted by atomic mass is 19.1. The molecule has 0 spiro atoms. The first kappa shape index (κ1) is 19.9. The number of rotatable bonds is 9. The summed E-state index contributed by atoms with van der Waals surface area (Å²) in [6, 6.07) is 11.7. The Morgan fingerprint density at radius 2 is 1.69 bits per heavy atom. The van der Waals surface area contributed by atoms with Crippen LogP contribution in [0.1, 0.15) is 13.8 Å². The van der Waals surface area contributed by atoms with Gasteiger partial charge < -0.3 is 24.1 Å². The molecule has 29 heavy (non-hydrogen) atoms. The average molecular weight is 400 g/mol. The van der Waals surface area contributed by atoms with Crippen molar-refractivity contribution >= 4 is 21.5 Å². The first-order valence-corrected chi connectivity index (χ1v) is 9.83. The molecule has 0 amide bonds. The number of aromatic hydroxyl groups is 1. The highest BCUT2D eigenvalue weighted by Crippen LogP contribution is 2.42. The first-order valence-electron chi connectivity index (χ1n) is 9.83. The minimum atomic E-state index is -0.406. The normalized spacial score (nSPS) is 18.1. The van der Waals surface area contributed by atoms with Crippen LogP contribution in [0.15, 0.2) is 42.5 Å². The Labute approximate surface area is 168 Å². The number of ether oxygens (including phenoxy) is 4. The van der Waals surface area contributed by atoms with Gasteiger partial charge in [-0.15, -0.1) is 0 Å². The number of fused-ring (bicyclic) bond motifs is 2. The molecule has 0 radical (unpaired) electrons. The van der Waals surface area contributed by atoms with E-state index in [2.05, 4.69) is 0 Å². The molecule has 5 nitrogen and oxygen atoms in total. The second-order valence-corrected chi connectivity index (χ2v) is 7.47. The van der Waals surface area contributed by atoms with Crippen LogP contribution in [0.4, 0.5) is 4.39 Å². The van der Waals surface area contributed by atoms with Crippen LogP contribution in [0.3, 0.4) is 0 Å². The maximum absolute atomic E-state index is 13.8. The molecule has 1 heterocycles. The highest BCUT2D eigenvalue weighted by molar-refractivity contribution is 6.10. The topological polar surface area (TPSA) is 60.5 Å². The predicted molar refractivity (Wildman–Crippen MR) is 109 cm³/mol. The quantitative estimate of drug-likeness (QED) is 0.425.